The van der Waals surface area contributed by atoms with Gasteiger partial charge in [0.1, 0.15) is 17.8 Å². The molecule has 3 heterocycles. The number of anilines is 2. The molecule has 0 radical (unpaired) electrons. The van der Waals surface area contributed by atoms with Gasteiger partial charge in [0.25, 0.3) is 5.91 Å². The molecule has 0 saturated carbocycles. The molecular weight excluding hydrogens is 465 g/mol. The third-order valence-corrected chi connectivity index (χ3v) is 6.35. The van der Waals surface area contributed by atoms with Crippen LogP contribution in [0.3, 0.4) is 0 Å². The number of benzene rings is 2. The van der Waals surface area contributed by atoms with E-state index in [0.717, 1.165) is 15.8 Å². The Morgan fingerprint density at radius 1 is 1.24 bits per heavy atom. The Kier molecular flexibility index (Phi) is 5.23. The summed E-state index contributed by atoms with van der Waals surface area (Å²) < 4.78 is 16.5. The van der Waals surface area contributed by atoms with E-state index in [-0.39, 0.29) is 10.7 Å². The van der Waals surface area contributed by atoms with Crippen LogP contribution in [0.25, 0.3) is 27.2 Å². The number of halogens is 2. The molecule has 0 unspecified atom stereocenters. The monoisotopic (exact) mass is 479 g/mol. The van der Waals surface area contributed by atoms with Crippen molar-refractivity contribution in [2.45, 2.75) is 6.92 Å². The lowest BCUT2D eigenvalue weighted by Crippen LogP contribution is -2.14. The zero-order chi connectivity index (χ0) is 23.1. The highest BCUT2D eigenvalue weighted by molar-refractivity contribution is 7.18. The molecule has 0 atom stereocenters. The molecule has 0 bridgehead atoms. The van der Waals surface area contributed by atoms with Crippen LogP contribution in [-0.2, 0) is 0 Å². The number of thiophene rings is 1. The molecule has 0 aliphatic carbocycles. The van der Waals surface area contributed by atoms with E-state index in [1.807, 2.05) is 12.3 Å². The van der Waals surface area contributed by atoms with Gasteiger partial charge in [-0.05, 0) is 36.8 Å². The summed E-state index contributed by atoms with van der Waals surface area (Å²) in [5.41, 5.74) is 9.89. The fourth-order valence-electron chi connectivity index (χ4n) is 3.35. The first kappa shape index (κ1) is 21.0. The minimum Gasteiger partial charge on any atom is -0.382 e. The highest BCUT2D eigenvalue weighted by Gasteiger charge is 2.17. The van der Waals surface area contributed by atoms with Crippen LogP contribution < -0.4 is 11.1 Å². The summed E-state index contributed by atoms with van der Waals surface area (Å²) in [6, 6.07) is 9.52. The van der Waals surface area contributed by atoms with Gasteiger partial charge in [-0.1, -0.05) is 28.9 Å². The lowest BCUT2D eigenvalue weighted by Gasteiger charge is -2.10. The summed E-state index contributed by atoms with van der Waals surface area (Å²) in [5, 5.41) is 12.9. The van der Waals surface area contributed by atoms with Crippen LogP contribution in [0.4, 0.5) is 15.9 Å². The van der Waals surface area contributed by atoms with Gasteiger partial charge in [0.05, 0.1) is 32.8 Å². The van der Waals surface area contributed by atoms with E-state index < -0.39 is 11.7 Å². The molecule has 5 aromatic rings. The van der Waals surface area contributed by atoms with Gasteiger partial charge in [-0.25, -0.2) is 19.0 Å². The van der Waals surface area contributed by atoms with Crippen LogP contribution >= 0.6 is 22.9 Å². The number of fused-ring (bicyclic) bond motifs is 1. The van der Waals surface area contributed by atoms with Gasteiger partial charge in [-0.15, -0.1) is 16.4 Å². The molecule has 8 nitrogen and oxygen atoms in total. The van der Waals surface area contributed by atoms with E-state index >= 15 is 0 Å². The van der Waals surface area contributed by atoms with Crippen molar-refractivity contribution in [1.82, 2.24) is 25.0 Å². The van der Waals surface area contributed by atoms with Crippen molar-refractivity contribution in [3.8, 4) is 16.9 Å². The predicted octanol–water partition coefficient (Wildman–Crippen LogP) is 4.87. The first-order valence-electron chi connectivity index (χ1n) is 9.69. The SMILES string of the molecule is Cc1ccc(C(=O)Nc2cccc(Cl)c2F)cc1-n1cc(-c2csc3c(N)ncnc23)nn1. The number of rotatable bonds is 4. The van der Waals surface area contributed by atoms with Crippen molar-refractivity contribution < 1.29 is 9.18 Å². The number of hydrogen-bond acceptors (Lipinski definition) is 7. The summed E-state index contributed by atoms with van der Waals surface area (Å²) >= 11 is 7.23. The second kappa shape index (κ2) is 8.23. The maximum atomic E-state index is 14.2. The first-order chi connectivity index (χ1) is 15.9. The van der Waals surface area contributed by atoms with Crippen molar-refractivity contribution in [3.63, 3.8) is 0 Å². The smallest absolute Gasteiger partial charge is 0.255 e. The number of carbonyl (C=O) groups excluding carboxylic acids is 1. The zero-order valence-corrected chi connectivity index (χ0v) is 18.7. The number of carbonyl (C=O) groups is 1. The summed E-state index contributed by atoms with van der Waals surface area (Å²) in [7, 11) is 0. The average molecular weight is 480 g/mol. The van der Waals surface area contributed by atoms with Gasteiger partial charge in [0, 0.05) is 16.5 Å². The van der Waals surface area contributed by atoms with Crippen LogP contribution in [0.15, 0.2) is 54.3 Å². The van der Waals surface area contributed by atoms with E-state index in [9.17, 15) is 9.18 Å². The molecule has 0 saturated heterocycles. The van der Waals surface area contributed by atoms with Crippen molar-refractivity contribution in [2.24, 2.45) is 0 Å². The summed E-state index contributed by atoms with van der Waals surface area (Å²) in [5.74, 6) is -0.753. The van der Waals surface area contributed by atoms with Gasteiger partial charge in [-0.3, -0.25) is 4.79 Å². The van der Waals surface area contributed by atoms with Gasteiger partial charge < -0.3 is 11.1 Å². The lowest BCUT2D eigenvalue weighted by molar-refractivity contribution is 0.102. The van der Waals surface area contributed by atoms with E-state index in [2.05, 4.69) is 25.6 Å². The third-order valence-electron chi connectivity index (χ3n) is 5.07. The fraction of sp³-hybridized carbons (Fsp3) is 0.0455. The molecule has 0 aliphatic heterocycles. The average Bonchev–Trinajstić information content (AvgIpc) is 3.45. The van der Waals surface area contributed by atoms with Crippen molar-refractivity contribution >= 4 is 50.6 Å². The van der Waals surface area contributed by atoms with Crippen LogP contribution in [-0.4, -0.2) is 30.9 Å². The predicted molar refractivity (Wildman–Crippen MR) is 126 cm³/mol. The second-order valence-corrected chi connectivity index (χ2v) is 8.48. The van der Waals surface area contributed by atoms with Crippen LogP contribution in [0, 0.1) is 12.7 Å². The van der Waals surface area contributed by atoms with Crippen molar-refractivity contribution in [1.29, 1.82) is 0 Å². The number of nitrogens with two attached hydrogens (primary N) is 1. The van der Waals surface area contributed by atoms with Crippen molar-refractivity contribution in [3.05, 3.63) is 76.3 Å². The van der Waals surface area contributed by atoms with Gasteiger partial charge in [0.2, 0.25) is 0 Å². The zero-order valence-electron chi connectivity index (χ0n) is 17.1. The Morgan fingerprint density at radius 3 is 2.94 bits per heavy atom. The minimum absolute atomic E-state index is 0.00302. The fourth-order valence-corrected chi connectivity index (χ4v) is 4.44. The normalized spacial score (nSPS) is 11.1. The van der Waals surface area contributed by atoms with Crippen LogP contribution in [0.2, 0.25) is 5.02 Å². The molecule has 0 aliphatic rings. The summed E-state index contributed by atoms with van der Waals surface area (Å²) in [6.45, 7) is 1.89. The molecule has 2 aromatic carbocycles. The molecular formula is C22H15ClFN7OS. The summed E-state index contributed by atoms with van der Waals surface area (Å²) in [6.07, 6.45) is 3.16. The van der Waals surface area contributed by atoms with Gasteiger partial charge in [0.15, 0.2) is 5.82 Å². The first-order valence-corrected chi connectivity index (χ1v) is 10.9. The topological polar surface area (TPSA) is 112 Å². The molecule has 3 N–H and O–H groups in total. The molecule has 0 spiro atoms. The maximum Gasteiger partial charge on any atom is 0.255 e. The number of amides is 1. The van der Waals surface area contributed by atoms with E-state index in [1.165, 1.54) is 29.8 Å². The van der Waals surface area contributed by atoms with Gasteiger partial charge in [-0.2, -0.15) is 0 Å². The third kappa shape index (κ3) is 3.79. The number of aromatic nitrogens is 5. The number of nitrogen functional groups attached to an aromatic ring is 1. The molecule has 5 rings (SSSR count). The number of hydrogen-bond donors (Lipinski definition) is 2. The highest BCUT2D eigenvalue weighted by atomic mass is 35.5. The number of nitrogens with one attached hydrogen (secondary N) is 1. The highest BCUT2D eigenvalue weighted by Crippen LogP contribution is 2.34. The quantitative estimate of drug-likeness (QED) is 0.380. The number of nitrogens with zero attached hydrogens (tertiary/aromatic N) is 5. The molecule has 0 fully saturated rings. The molecule has 164 valence electrons. The maximum absolute atomic E-state index is 14.2. The van der Waals surface area contributed by atoms with E-state index in [1.54, 1.807) is 35.1 Å². The van der Waals surface area contributed by atoms with Crippen LogP contribution in [0.1, 0.15) is 15.9 Å². The Labute approximate surface area is 195 Å². The molecule has 3 aromatic heterocycles. The molecule has 33 heavy (non-hydrogen) atoms. The lowest BCUT2D eigenvalue weighted by atomic mass is 10.1. The number of aryl methyl sites for hydroxylation is 1. The standard InChI is InChI=1S/C22H15ClFN7OS/c1-11-5-6-12(22(32)28-15-4-2-3-14(23)18(15)24)7-17(11)31-8-16(29-30-31)13-9-33-20-19(13)26-10-27-21(20)25/h2-10H,1H3,(H,28,32)(H2,25,26,27). The second-order valence-electron chi connectivity index (χ2n) is 7.19. The van der Waals surface area contributed by atoms with Crippen molar-refractivity contribution in [2.75, 3.05) is 11.1 Å². The Morgan fingerprint density at radius 2 is 2.09 bits per heavy atom. The van der Waals surface area contributed by atoms with E-state index in [4.69, 9.17) is 17.3 Å². The Balaban J connectivity index is 1.47. The van der Waals surface area contributed by atoms with Gasteiger partial charge >= 0.3 is 0 Å². The molecule has 11 heteroatoms. The summed E-state index contributed by atoms with van der Waals surface area (Å²) in [4.78, 5) is 21.1. The molecule has 1 amide bonds. The van der Waals surface area contributed by atoms with E-state index in [0.29, 0.717) is 28.3 Å². The Hall–Kier alpha value is -3.89. The van der Waals surface area contributed by atoms with Crippen LogP contribution in [0.5, 0.6) is 0 Å². The largest absolute Gasteiger partial charge is 0.382 e. The minimum atomic E-state index is -0.687. The Bertz CT molecular complexity index is 1530.